The van der Waals surface area contributed by atoms with E-state index in [1.165, 1.54) is 7.05 Å². The van der Waals surface area contributed by atoms with Gasteiger partial charge in [-0.2, -0.15) is 17.5 Å². The first-order valence-corrected chi connectivity index (χ1v) is 11.6. The maximum absolute atomic E-state index is 13.7. The van der Waals surface area contributed by atoms with E-state index in [-0.39, 0.29) is 29.6 Å². The number of alkyl halides is 5. The van der Waals surface area contributed by atoms with Crippen molar-refractivity contribution < 1.29 is 35.1 Å². The van der Waals surface area contributed by atoms with Gasteiger partial charge in [-0.1, -0.05) is 12.8 Å². The molecule has 0 N–H and O–H groups in total. The van der Waals surface area contributed by atoms with Gasteiger partial charge < -0.3 is 9.64 Å². The van der Waals surface area contributed by atoms with Gasteiger partial charge in [0.15, 0.2) is 0 Å². The van der Waals surface area contributed by atoms with Crippen LogP contribution in [-0.4, -0.2) is 51.4 Å². The quantitative estimate of drug-likeness (QED) is 0.575. The normalized spacial score (nSPS) is 23.0. The maximum Gasteiger partial charge on any atom is 0.420 e. The highest BCUT2D eigenvalue weighted by molar-refractivity contribution is 7.89. The molecule has 176 valence electrons. The van der Waals surface area contributed by atoms with E-state index in [0.717, 1.165) is 43.3 Å². The zero-order chi connectivity index (χ0) is 23.2. The van der Waals surface area contributed by atoms with E-state index in [4.69, 9.17) is 4.74 Å². The fourth-order valence-electron chi connectivity index (χ4n) is 4.42. The molecule has 5 nitrogen and oxygen atoms in total. The molecule has 0 aromatic heterocycles. The lowest BCUT2D eigenvalue weighted by molar-refractivity contribution is -0.138. The zero-order valence-corrected chi connectivity index (χ0v) is 18.5. The summed E-state index contributed by atoms with van der Waals surface area (Å²) in [5.41, 5.74) is -1.11. The van der Waals surface area contributed by atoms with Gasteiger partial charge in [-0.15, -0.1) is 0 Å². The van der Waals surface area contributed by atoms with Crippen molar-refractivity contribution in [2.24, 2.45) is 0 Å². The molecule has 1 aromatic carbocycles. The summed E-state index contributed by atoms with van der Waals surface area (Å²) < 4.78 is 101. The summed E-state index contributed by atoms with van der Waals surface area (Å²) in [7, 11) is -1.89. The van der Waals surface area contributed by atoms with E-state index in [1.54, 1.807) is 4.90 Å². The minimum absolute atomic E-state index is 0.0439. The monoisotopic (exact) mass is 470 g/mol. The Hall–Kier alpha value is -1.62. The number of fused-ring (bicyclic) bond motifs is 1. The number of halogens is 5. The van der Waals surface area contributed by atoms with E-state index >= 15 is 0 Å². The van der Waals surface area contributed by atoms with Crippen LogP contribution < -0.4 is 9.64 Å². The molecule has 2 aliphatic rings. The maximum atomic E-state index is 13.7. The number of nitrogens with zero attached hydrogens (tertiary/aromatic N) is 2. The predicted molar refractivity (Wildman–Crippen MR) is 106 cm³/mol. The molecule has 0 bridgehead atoms. The topological polar surface area (TPSA) is 49.9 Å². The Morgan fingerprint density at radius 2 is 1.74 bits per heavy atom. The highest BCUT2D eigenvalue weighted by Crippen LogP contribution is 2.45. The number of methoxy groups -OCH3 is 1. The SMILES string of the molecule is COc1cc2c(cc1C(F)(F)F)N(C1CCCC1)C[C@@H](CCC(C)(F)F)N(C)S2(=O)=O. The molecule has 31 heavy (non-hydrogen) atoms. The van der Waals surface area contributed by atoms with E-state index in [1.807, 2.05) is 0 Å². The number of anilines is 1. The van der Waals surface area contributed by atoms with Crippen molar-refractivity contribution >= 4 is 15.7 Å². The number of ether oxygens (including phenoxy) is 1. The lowest BCUT2D eigenvalue weighted by Crippen LogP contribution is -2.45. The molecule has 1 atom stereocenters. The Kier molecular flexibility index (Phi) is 6.50. The Balaban J connectivity index is 2.18. The average molecular weight is 471 g/mol. The zero-order valence-electron chi connectivity index (χ0n) is 17.7. The summed E-state index contributed by atoms with van der Waals surface area (Å²) in [5.74, 6) is -3.57. The molecule has 1 aromatic rings. The Labute approximate surface area is 179 Å². The van der Waals surface area contributed by atoms with E-state index in [0.29, 0.717) is 12.8 Å². The second kappa shape index (κ2) is 8.38. The van der Waals surface area contributed by atoms with Crippen LogP contribution in [0.25, 0.3) is 0 Å². The molecule has 3 rings (SSSR count). The van der Waals surface area contributed by atoms with Gasteiger partial charge in [0.2, 0.25) is 15.9 Å². The summed E-state index contributed by atoms with van der Waals surface area (Å²) in [5, 5.41) is 0. The minimum atomic E-state index is -4.74. The fourth-order valence-corrected chi connectivity index (χ4v) is 5.99. The van der Waals surface area contributed by atoms with E-state index < -0.39 is 45.9 Å². The number of sulfonamides is 1. The average Bonchev–Trinajstić information content (AvgIpc) is 3.17. The predicted octanol–water partition coefficient (Wildman–Crippen LogP) is 4.90. The third-order valence-electron chi connectivity index (χ3n) is 6.16. The van der Waals surface area contributed by atoms with Crippen LogP contribution in [-0.2, 0) is 16.2 Å². The van der Waals surface area contributed by atoms with Crippen LogP contribution in [0.5, 0.6) is 5.75 Å². The van der Waals surface area contributed by atoms with Crippen LogP contribution >= 0.6 is 0 Å². The lowest BCUT2D eigenvalue weighted by Gasteiger charge is -2.34. The molecule has 1 aliphatic carbocycles. The van der Waals surface area contributed by atoms with Gasteiger partial charge in [-0.3, -0.25) is 0 Å². The molecular formula is C20H27F5N2O3S. The molecule has 1 aliphatic heterocycles. The second-order valence-corrected chi connectivity index (χ2v) is 10.4. The van der Waals surface area contributed by atoms with Gasteiger partial charge in [-0.05, 0) is 32.3 Å². The van der Waals surface area contributed by atoms with Crippen molar-refractivity contribution in [1.29, 1.82) is 0 Å². The third kappa shape index (κ3) is 4.92. The number of hydrogen-bond donors (Lipinski definition) is 0. The first-order valence-electron chi connectivity index (χ1n) is 10.2. The van der Waals surface area contributed by atoms with Gasteiger partial charge in [-0.25, -0.2) is 17.2 Å². The van der Waals surface area contributed by atoms with Gasteiger partial charge in [0.05, 0.1) is 18.4 Å². The highest BCUT2D eigenvalue weighted by Gasteiger charge is 2.43. The minimum Gasteiger partial charge on any atom is -0.496 e. The van der Waals surface area contributed by atoms with Gasteiger partial charge >= 0.3 is 6.18 Å². The van der Waals surface area contributed by atoms with Gasteiger partial charge in [0, 0.05) is 38.2 Å². The van der Waals surface area contributed by atoms with Crippen LogP contribution in [0.3, 0.4) is 0 Å². The standard InChI is InChI=1S/C20H27F5N2O3S/c1-19(21,22)9-8-14-12-27(13-6-4-5-7-13)16-10-15(20(23,24)25)17(30-3)11-18(16)31(28,29)26(14)2/h10-11,13-14H,4-9,12H2,1-3H3/t14-/m1/s1. The van der Waals surface area contributed by atoms with E-state index in [2.05, 4.69) is 0 Å². The molecule has 0 radical (unpaired) electrons. The van der Waals surface area contributed by atoms with Crippen LogP contribution in [0.15, 0.2) is 17.0 Å². The Morgan fingerprint density at radius 3 is 2.26 bits per heavy atom. The molecule has 0 saturated heterocycles. The Morgan fingerprint density at radius 1 is 1.13 bits per heavy atom. The third-order valence-corrected chi connectivity index (χ3v) is 8.10. The number of rotatable bonds is 5. The molecule has 1 fully saturated rings. The van der Waals surface area contributed by atoms with E-state index in [9.17, 15) is 30.4 Å². The van der Waals surface area contributed by atoms with Crippen LogP contribution in [0.1, 0.15) is 51.0 Å². The molecular weight excluding hydrogens is 443 g/mol. The first-order chi connectivity index (χ1) is 14.3. The van der Waals surface area contributed by atoms with Crippen molar-refractivity contribution in [3.05, 3.63) is 17.7 Å². The van der Waals surface area contributed by atoms with Gasteiger partial charge in [0.1, 0.15) is 10.6 Å². The molecule has 1 saturated carbocycles. The fraction of sp³-hybridized carbons (Fsp3) is 0.700. The summed E-state index contributed by atoms with van der Waals surface area (Å²) in [4.78, 5) is 1.38. The molecule has 1 heterocycles. The second-order valence-electron chi connectivity index (χ2n) is 8.39. The summed E-state index contributed by atoms with van der Waals surface area (Å²) in [6, 6.07) is 0.779. The number of benzene rings is 1. The van der Waals surface area contributed by atoms with Crippen molar-refractivity contribution in [1.82, 2.24) is 4.31 Å². The molecule has 0 spiro atoms. The van der Waals surface area contributed by atoms with Crippen molar-refractivity contribution in [2.45, 2.75) is 74.5 Å². The first kappa shape index (κ1) is 24.0. The number of likely N-dealkylation sites (N-methyl/N-ethyl adjacent to an activating group) is 1. The van der Waals surface area contributed by atoms with Crippen molar-refractivity contribution in [3.8, 4) is 5.75 Å². The largest absolute Gasteiger partial charge is 0.496 e. The summed E-state index contributed by atoms with van der Waals surface area (Å²) in [6.45, 7) is 0.815. The van der Waals surface area contributed by atoms with Crippen LogP contribution in [0.4, 0.5) is 27.6 Å². The molecule has 11 heteroatoms. The smallest absolute Gasteiger partial charge is 0.420 e. The van der Waals surface area contributed by atoms with Crippen LogP contribution in [0, 0.1) is 0 Å². The summed E-state index contributed by atoms with van der Waals surface area (Å²) >= 11 is 0. The summed E-state index contributed by atoms with van der Waals surface area (Å²) in [6.07, 6.45) is -2.23. The van der Waals surface area contributed by atoms with Crippen LogP contribution in [0.2, 0.25) is 0 Å². The number of hydrogen-bond acceptors (Lipinski definition) is 4. The Bertz CT molecular complexity index is 909. The molecule has 0 unspecified atom stereocenters. The highest BCUT2D eigenvalue weighted by atomic mass is 32.2. The molecule has 0 amide bonds. The van der Waals surface area contributed by atoms with Crippen molar-refractivity contribution in [3.63, 3.8) is 0 Å². The lowest BCUT2D eigenvalue weighted by atomic mass is 10.0. The van der Waals surface area contributed by atoms with Crippen molar-refractivity contribution in [2.75, 3.05) is 25.6 Å². The van der Waals surface area contributed by atoms with Gasteiger partial charge in [0.25, 0.3) is 0 Å².